The van der Waals surface area contributed by atoms with Gasteiger partial charge in [0.1, 0.15) is 11.3 Å². The van der Waals surface area contributed by atoms with Crippen LogP contribution in [-0.2, 0) is 9.53 Å². The fourth-order valence-corrected chi connectivity index (χ4v) is 2.52. The molecule has 0 spiro atoms. The second-order valence-electron chi connectivity index (χ2n) is 6.43. The van der Waals surface area contributed by atoms with Crippen molar-refractivity contribution >= 4 is 29.1 Å². The zero-order chi connectivity index (χ0) is 17.3. The summed E-state index contributed by atoms with van der Waals surface area (Å²) in [6, 6.07) is 16.5. The van der Waals surface area contributed by atoms with Crippen molar-refractivity contribution in [2.75, 3.05) is 4.90 Å². The molecule has 0 fully saturated rings. The smallest absolute Gasteiger partial charge is 0.434 e. The maximum absolute atomic E-state index is 12.9. The predicted octanol–water partition coefficient (Wildman–Crippen LogP) is 4.09. The van der Waals surface area contributed by atoms with Crippen molar-refractivity contribution in [1.82, 2.24) is 0 Å². The summed E-state index contributed by atoms with van der Waals surface area (Å²) < 4.78 is 5.21. The number of ether oxygens (including phenoxy) is 1. The molecule has 0 aromatic heterocycles. The molecule has 0 radical (unpaired) electrons. The zero-order valence-corrected chi connectivity index (χ0v) is 13.8. The van der Waals surface area contributed by atoms with Crippen molar-refractivity contribution in [1.29, 1.82) is 0 Å². The summed E-state index contributed by atoms with van der Waals surface area (Å²) in [5, 5.41) is 0. The topological polar surface area (TPSA) is 59.0 Å². The van der Waals surface area contributed by atoms with E-state index in [1.54, 1.807) is 31.7 Å². The molecule has 2 aromatic carbocycles. The highest BCUT2D eigenvalue weighted by Crippen LogP contribution is 2.35. The van der Waals surface area contributed by atoms with E-state index in [0.717, 1.165) is 5.69 Å². The fourth-order valence-electron chi connectivity index (χ4n) is 2.52. The number of para-hydroxylation sites is 2. The molecule has 0 unspecified atom stereocenters. The van der Waals surface area contributed by atoms with E-state index in [9.17, 15) is 9.59 Å². The first-order valence-electron chi connectivity index (χ1n) is 7.67. The van der Waals surface area contributed by atoms with Crippen molar-refractivity contribution in [2.24, 2.45) is 4.99 Å². The van der Waals surface area contributed by atoms with Crippen LogP contribution < -0.4 is 4.90 Å². The molecule has 5 heteroatoms. The van der Waals surface area contributed by atoms with Crippen LogP contribution in [0.15, 0.2) is 59.6 Å². The Balaban J connectivity index is 2.04. The average molecular weight is 322 g/mol. The SMILES string of the molecule is CC(C)(C)OC(=O)/N=C1\C(=O)N(c2ccccc2)c2ccccc21. The number of amides is 2. The third-order valence-corrected chi connectivity index (χ3v) is 3.42. The minimum Gasteiger partial charge on any atom is -0.442 e. The van der Waals surface area contributed by atoms with Gasteiger partial charge in [-0.25, -0.2) is 4.79 Å². The lowest BCUT2D eigenvalue weighted by molar-refractivity contribution is -0.111. The highest BCUT2D eigenvalue weighted by Gasteiger charge is 2.35. The van der Waals surface area contributed by atoms with Crippen LogP contribution in [0.25, 0.3) is 0 Å². The molecule has 0 atom stereocenters. The Bertz CT molecular complexity index is 820. The van der Waals surface area contributed by atoms with Crippen LogP contribution in [0.2, 0.25) is 0 Å². The van der Waals surface area contributed by atoms with Crippen LogP contribution in [0.1, 0.15) is 26.3 Å². The van der Waals surface area contributed by atoms with Gasteiger partial charge in [0.2, 0.25) is 0 Å². The highest BCUT2D eigenvalue weighted by atomic mass is 16.6. The third-order valence-electron chi connectivity index (χ3n) is 3.42. The zero-order valence-electron chi connectivity index (χ0n) is 13.8. The minimum absolute atomic E-state index is 0.101. The van der Waals surface area contributed by atoms with Crippen LogP contribution in [-0.4, -0.2) is 23.3 Å². The van der Waals surface area contributed by atoms with Crippen molar-refractivity contribution in [3.05, 3.63) is 60.2 Å². The summed E-state index contributed by atoms with van der Waals surface area (Å²) in [4.78, 5) is 30.4. The number of carbonyl (C=O) groups excluding carboxylic acids is 2. The first kappa shape index (κ1) is 15.9. The van der Waals surface area contributed by atoms with Gasteiger partial charge in [-0.15, -0.1) is 0 Å². The molecule has 122 valence electrons. The lowest BCUT2D eigenvalue weighted by atomic mass is 10.1. The first-order valence-corrected chi connectivity index (χ1v) is 7.67. The van der Waals surface area contributed by atoms with Crippen molar-refractivity contribution < 1.29 is 14.3 Å². The molecule has 0 aliphatic carbocycles. The second-order valence-corrected chi connectivity index (χ2v) is 6.43. The van der Waals surface area contributed by atoms with Crippen LogP contribution in [0, 0.1) is 0 Å². The molecule has 0 bridgehead atoms. The van der Waals surface area contributed by atoms with Gasteiger partial charge in [-0.05, 0) is 39.0 Å². The molecule has 1 aliphatic heterocycles. The van der Waals surface area contributed by atoms with Crippen molar-refractivity contribution in [3.63, 3.8) is 0 Å². The van der Waals surface area contributed by atoms with Crippen LogP contribution in [0.3, 0.4) is 0 Å². The molecular weight excluding hydrogens is 304 g/mol. The van der Waals surface area contributed by atoms with Crippen LogP contribution in [0.4, 0.5) is 16.2 Å². The largest absolute Gasteiger partial charge is 0.442 e. The van der Waals surface area contributed by atoms with Gasteiger partial charge in [-0.3, -0.25) is 9.69 Å². The molecule has 0 saturated heterocycles. The third kappa shape index (κ3) is 3.06. The van der Waals surface area contributed by atoms with Gasteiger partial charge in [0.25, 0.3) is 5.91 Å². The summed E-state index contributed by atoms with van der Waals surface area (Å²) in [5.41, 5.74) is 1.49. The molecule has 24 heavy (non-hydrogen) atoms. The number of nitrogens with zero attached hydrogens (tertiary/aromatic N) is 2. The summed E-state index contributed by atoms with van der Waals surface area (Å²) in [7, 11) is 0. The second kappa shape index (κ2) is 5.92. The van der Waals surface area contributed by atoms with Crippen LogP contribution in [0.5, 0.6) is 0 Å². The summed E-state index contributed by atoms with van der Waals surface area (Å²) >= 11 is 0. The van der Waals surface area contributed by atoms with Gasteiger partial charge in [-0.2, -0.15) is 4.99 Å². The molecule has 5 nitrogen and oxygen atoms in total. The quantitative estimate of drug-likeness (QED) is 0.794. The Kier molecular flexibility index (Phi) is 3.93. The Hall–Kier alpha value is -2.95. The normalized spacial score (nSPS) is 15.5. The highest BCUT2D eigenvalue weighted by molar-refractivity contribution is 6.56. The van der Waals surface area contributed by atoms with Gasteiger partial charge in [-0.1, -0.05) is 36.4 Å². The molecule has 1 heterocycles. The number of aliphatic imine (C=N–C) groups is 1. The number of rotatable bonds is 1. The van der Waals surface area contributed by atoms with Crippen molar-refractivity contribution in [3.8, 4) is 0 Å². The Morgan fingerprint density at radius 2 is 1.62 bits per heavy atom. The molecule has 3 rings (SSSR count). The van der Waals surface area contributed by atoms with E-state index < -0.39 is 11.7 Å². The van der Waals surface area contributed by atoms with Crippen molar-refractivity contribution in [2.45, 2.75) is 26.4 Å². The van der Waals surface area contributed by atoms with E-state index in [-0.39, 0.29) is 11.6 Å². The lowest BCUT2D eigenvalue weighted by Gasteiger charge is -2.17. The standard InChI is InChI=1S/C19H18N2O3/c1-19(2,3)24-18(23)20-16-14-11-7-8-12-15(14)21(17(16)22)13-9-5-4-6-10-13/h4-12H,1-3H3/b20-16-. The van der Waals surface area contributed by atoms with Gasteiger partial charge in [0, 0.05) is 11.3 Å². The van der Waals surface area contributed by atoms with Crippen LogP contribution >= 0.6 is 0 Å². The predicted molar refractivity (Wildman–Crippen MR) is 92.8 cm³/mol. The molecular formula is C19H18N2O3. The van der Waals surface area contributed by atoms with E-state index >= 15 is 0 Å². The first-order chi connectivity index (χ1) is 11.4. The van der Waals surface area contributed by atoms with E-state index in [4.69, 9.17) is 4.74 Å². The molecule has 0 saturated carbocycles. The van der Waals surface area contributed by atoms with Gasteiger partial charge < -0.3 is 4.74 Å². The van der Waals surface area contributed by atoms with Gasteiger partial charge in [0.15, 0.2) is 0 Å². The summed E-state index contributed by atoms with van der Waals surface area (Å²) in [6.45, 7) is 5.27. The maximum atomic E-state index is 12.9. The number of carbonyl (C=O) groups is 2. The molecule has 2 amide bonds. The van der Waals surface area contributed by atoms with Gasteiger partial charge in [0.05, 0.1) is 5.69 Å². The Labute approximate surface area is 140 Å². The van der Waals surface area contributed by atoms with E-state index in [0.29, 0.717) is 11.3 Å². The maximum Gasteiger partial charge on any atom is 0.434 e. The monoisotopic (exact) mass is 322 g/mol. The molecule has 0 N–H and O–H groups in total. The number of anilines is 2. The number of hydrogen-bond donors (Lipinski definition) is 0. The number of hydrogen-bond acceptors (Lipinski definition) is 3. The van der Waals surface area contributed by atoms with E-state index in [2.05, 4.69) is 4.99 Å². The lowest BCUT2D eigenvalue weighted by Crippen LogP contribution is -2.27. The van der Waals surface area contributed by atoms with E-state index in [1.165, 1.54) is 0 Å². The fraction of sp³-hybridized carbons (Fsp3) is 0.211. The average Bonchev–Trinajstić information content (AvgIpc) is 2.79. The summed E-state index contributed by atoms with van der Waals surface area (Å²) in [5.74, 6) is -0.340. The summed E-state index contributed by atoms with van der Waals surface area (Å²) in [6.07, 6.45) is -0.768. The number of benzene rings is 2. The Morgan fingerprint density at radius 1 is 1.00 bits per heavy atom. The number of fused-ring (bicyclic) bond motifs is 1. The van der Waals surface area contributed by atoms with Gasteiger partial charge >= 0.3 is 6.09 Å². The molecule has 2 aromatic rings. The minimum atomic E-state index is -0.768. The Morgan fingerprint density at radius 3 is 2.29 bits per heavy atom. The molecule has 1 aliphatic rings. The van der Waals surface area contributed by atoms with E-state index in [1.807, 2.05) is 48.5 Å².